The molecule has 5 rings (SSSR count). The average molecular weight is 404 g/mol. The summed E-state index contributed by atoms with van der Waals surface area (Å²) in [5, 5.41) is 0. The van der Waals surface area contributed by atoms with Crippen LogP contribution in [0.15, 0.2) is 54.9 Å². The van der Waals surface area contributed by atoms with Crippen molar-refractivity contribution in [3.8, 4) is 0 Å². The highest BCUT2D eigenvalue weighted by Gasteiger charge is 2.62. The quantitative estimate of drug-likeness (QED) is 0.721. The Bertz CT molecular complexity index is 901. The minimum absolute atomic E-state index is 0.0640. The molecule has 30 heavy (non-hydrogen) atoms. The Morgan fingerprint density at radius 1 is 0.933 bits per heavy atom. The summed E-state index contributed by atoms with van der Waals surface area (Å²) in [5.41, 5.74) is 1.77. The summed E-state index contributed by atoms with van der Waals surface area (Å²) in [6.07, 6.45) is 10.6. The van der Waals surface area contributed by atoms with Gasteiger partial charge in [0, 0.05) is 37.1 Å². The third-order valence-corrected chi connectivity index (χ3v) is 7.40. The first-order valence-corrected chi connectivity index (χ1v) is 11.3. The zero-order chi connectivity index (χ0) is 20.6. The van der Waals surface area contributed by atoms with Gasteiger partial charge in [0.15, 0.2) is 0 Å². The minimum atomic E-state index is -0.191. The topological polar surface area (TPSA) is 53.5 Å². The molecule has 2 amide bonds. The number of hydrogen-bond donors (Lipinski definition) is 0. The van der Waals surface area contributed by atoms with Crippen LogP contribution in [0, 0.1) is 5.41 Å². The summed E-state index contributed by atoms with van der Waals surface area (Å²) in [4.78, 5) is 34.4. The molecule has 1 spiro atoms. The van der Waals surface area contributed by atoms with Crippen LogP contribution in [-0.4, -0.2) is 45.7 Å². The van der Waals surface area contributed by atoms with Gasteiger partial charge in [-0.15, -0.1) is 0 Å². The number of benzene rings is 1. The molecule has 5 nitrogen and oxygen atoms in total. The van der Waals surface area contributed by atoms with Crippen molar-refractivity contribution in [1.29, 1.82) is 0 Å². The van der Waals surface area contributed by atoms with Crippen molar-refractivity contribution in [1.82, 2.24) is 14.8 Å². The number of aromatic nitrogens is 1. The van der Waals surface area contributed by atoms with Crippen LogP contribution in [-0.2, 0) is 4.79 Å². The molecule has 1 aliphatic carbocycles. The SMILES string of the molecule is O=C(c1ccncc1)N1CCC(N2C(=O)C3(CCCCC3)C2c2ccccc2)CC1. The van der Waals surface area contributed by atoms with E-state index in [0.717, 1.165) is 38.5 Å². The van der Waals surface area contributed by atoms with Crippen molar-refractivity contribution < 1.29 is 9.59 Å². The van der Waals surface area contributed by atoms with E-state index in [2.05, 4.69) is 34.1 Å². The van der Waals surface area contributed by atoms with E-state index in [1.165, 1.54) is 12.0 Å². The van der Waals surface area contributed by atoms with E-state index < -0.39 is 0 Å². The van der Waals surface area contributed by atoms with Crippen LogP contribution in [0.5, 0.6) is 0 Å². The van der Waals surface area contributed by atoms with Crippen LogP contribution in [0.1, 0.15) is 66.9 Å². The monoisotopic (exact) mass is 403 g/mol. The lowest BCUT2D eigenvalue weighted by Crippen LogP contribution is -2.67. The molecule has 1 aromatic heterocycles. The molecular formula is C25H29N3O2. The van der Waals surface area contributed by atoms with Crippen molar-refractivity contribution in [2.24, 2.45) is 5.41 Å². The first-order valence-electron chi connectivity index (χ1n) is 11.3. The highest BCUT2D eigenvalue weighted by atomic mass is 16.2. The first kappa shape index (κ1) is 19.3. The molecule has 1 saturated carbocycles. The smallest absolute Gasteiger partial charge is 0.253 e. The number of carbonyl (C=O) groups excluding carboxylic acids is 2. The van der Waals surface area contributed by atoms with Gasteiger partial charge in [-0.25, -0.2) is 0 Å². The van der Waals surface area contributed by atoms with Gasteiger partial charge in [0.1, 0.15) is 0 Å². The normalized spacial score (nSPS) is 24.0. The Morgan fingerprint density at radius 2 is 1.60 bits per heavy atom. The lowest BCUT2D eigenvalue weighted by atomic mass is 9.59. The van der Waals surface area contributed by atoms with Crippen molar-refractivity contribution in [3.05, 3.63) is 66.0 Å². The molecule has 3 aliphatic rings. The third-order valence-electron chi connectivity index (χ3n) is 7.40. The van der Waals surface area contributed by atoms with Gasteiger partial charge in [-0.2, -0.15) is 0 Å². The van der Waals surface area contributed by atoms with Crippen LogP contribution in [0.25, 0.3) is 0 Å². The Hall–Kier alpha value is -2.69. The van der Waals surface area contributed by atoms with Gasteiger partial charge >= 0.3 is 0 Å². The Kier molecular flexibility index (Phi) is 5.05. The molecule has 1 unspecified atom stereocenters. The van der Waals surface area contributed by atoms with Crippen molar-refractivity contribution in [2.75, 3.05) is 13.1 Å². The number of carbonyl (C=O) groups is 2. The summed E-state index contributed by atoms with van der Waals surface area (Å²) < 4.78 is 0. The molecular weight excluding hydrogens is 374 g/mol. The third kappa shape index (κ3) is 3.11. The zero-order valence-electron chi connectivity index (χ0n) is 17.4. The molecule has 2 aromatic rings. The highest BCUT2D eigenvalue weighted by molar-refractivity contribution is 5.94. The lowest BCUT2D eigenvalue weighted by molar-refractivity contribution is -0.186. The number of piperidine rings is 1. The van der Waals surface area contributed by atoms with E-state index in [1.54, 1.807) is 24.5 Å². The molecule has 0 radical (unpaired) electrons. The summed E-state index contributed by atoms with van der Waals surface area (Å²) in [5.74, 6) is 0.420. The number of rotatable bonds is 3. The first-order chi connectivity index (χ1) is 14.7. The largest absolute Gasteiger partial charge is 0.338 e. The maximum absolute atomic E-state index is 13.5. The fourth-order valence-electron chi connectivity index (χ4n) is 5.88. The zero-order valence-corrected chi connectivity index (χ0v) is 17.4. The van der Waals surface area contributed by atoms with Gasteiger partial charge in [-0.1, -0.05) is 49.6 Å². The minimum Gasteiger partial charge on any atom is -0.338 e. The van der Waals surface area contributed by atoms with Crippen LogP contribution >= 0.6 is 0 Å². The van der Waals surface area contributed by atoms with E-state index in [4.69, 9.17) is 0 Å². The van der Waals surface area contributed by atoms with Gasteiger partial charge in [-0.05, 0) is 43.4 Å². The van der Waals surface area contributed by atoms with E-state index >= 15 is 0 Å². The molecule has 1 aromatic carbocycles. The van der Waals surface area contributed by atoms with Crippen LogP contribution < -0.4 is 0 Å². The van der Waals surface area contributed by atoms with Gasteiger partial charge in [0.25, 0.3) is 5.91 Å². The summed E-state index contributed by atoms with van der Waals surface area (Å²) in [6, 6.07) is 14.5. The molecule has 3 heterocycles. The number of pyridine rings is 1. The fraction of sp³-hybridized carbons (Fsp3) is 0.480. The Labute approximate surface area is 178 Å². The average Bonchev–Trinajstić information content (AvgIpc) is 2.83. The maximum Gasteiger partial charge on any atom is 0.253 e. The lowest BCUT2D eigenvalue weighted by Gasteiger charge is -2.61. The van der Waals surface area contributed by atoms with Gasteiger partial charge in [0.2, 0.25) is 5.91 Å². The number of hydrogen-bond acceptors (Lipinski definition) is 3. The standard InChI is InChI=1S/C25H29N3O2/c29-23(20-9-15-26-16-10-20)27-17-11-21(12-18-27)28-22(19-7-3-1-4-8-19)25(24(28)30)13-5-2-6-14-25/h1,3-4,7-10,15-16,21-22H,2,5-6,11-14,17-18H2. The number of amides is 2. The molecule has 1 atom stereocenters. The second-order valence-corrected chi connectivity index (χ2v) is 9.00. The maximum atomic E-state index is 13.5. The van der Waals surface area contributed by atoms with Crippen molar-refractivity contribution >= 4 is 11.8 Å². The fourth-order valence-corrected chi connectivity index (χ4v) is 5.88. The van der Waals surface area contributed by atoms with Crippen LogP contribution in [0.2, 0.25) is 0 Å². The van der Waals surface area contributed by atoms with E-state index in [0.29, 0.717) is 24.6 Å². The van der Waals surface area contributed by atoms with E-state index in [9.17, 15) is 9.59 Å². The van der Waals surface area contributed by atoms with Gasteiger partial charge < -0.3 is 9.80 Å². The van der Waals surface area contributed by atoms with Crippen LogP contribution in [0.4, 0.5) is 0 Å². The summed E-state index contributed by atoms with van der Waals surface area (Å²) >= 11 is 0. The molecule has 5 heteroatoms. The second kappa shape index (κ2) is 7.86. The van der Waals surface area contributed by atoms with Crippen LogP contribution in [0.3, 0.4) is 0 Å². The molecule has 3 fully saturated rings. The second-order valence-electron chi connectivity index (χ2n) is 9.00. The van der Waals surface area contributed by atoms with E-state index in [1.807, 2.05) is 11.0 Å². The van der Waals surface area contributed by atoms with E-state index in [-0.39, 0.29) is 23.4 Å². The Morgan fingerprint density at radius 3 is 2.27 bits per heavy atom. The van der Waals surface area contributed by atoms with Crippen molar-refractivity contribution in [2.45, 2.75) is 57.0 Å². The molecule has 0 bridgehead atoms. The predicted molar refractivity (Wildman–Crippen MR) is 115 cm³/mol. The Balaban J connectivity index is 1.33. The van der Waals surface area contributed by atoms with Gasteiger partial charge in [-0.3, -0.25) is 14.6 Å². The molecule has 156 valence electrons. The predicted octanol–water partition coefficient (Wildman–Crippen LogP) is 4.22. The van der Waals surface area contributed by atoms with Gasteiger partial charge in [0.05, 0.1) is 11.5 Å². The number of likely N-dealkylation sites (tertiary alicyclic amines) is 2. The molecule has 0 N–H and O–H groups in total. The summed E-state index contributed by atoms with van der Waals surface area (Å²) in [6.45, 7) is 1.40. The number of β-lactam (4-membered cyclic amide) rings is 1. The highest BCUT2D eigenvalue weighted by Crippen LogP contribution is 2.59. The molecule has 2 saturated heterocycles. The van der Waals surface area contributed by atoms with Crippen molar-refractivity contribution in [3.63, 3.8) is 0 Å². The number of nitrogens with zero attached hydrogens (tertiary/aromatic N) is 3. The molecule has 2 aliphatic heterocycles. The summed E-state index contributed by atoms with van der Waals surface area (Å²) in [7, 11) is 0.